The standard InChI is InChI=1S/C14H19F3O3/c1-19-13-5-3-2-4-12(13)8-11(9-18)6-7-20-10-14(15,16)17/h2-5,11,18H,6-10H2,1H3. The number of aliphatic hydroxyl groups is 1. The van der Waals surface area contributed by atoms with Gasteiger partial charge in [0.2, 0.25) is 0 Å². The van der Waals surface area contributed by atoms with Gasteiger partial charge in [0.15, 0.2) is 0 Å². The smallest absolute Gasteiger partial charge is 0.411 e. The fraction of sp³-hybridized carbons (Fsp3) is 0.571. The molecule has 1 rings (SSSR count). The van der Waals surface area contributed by atoms with Gasteiger partial charge in [-0.3, -0.25) is 0 Å². The summed E-state index contributed by atoms with van der Waals surface area (Å²) < 4.78 is 45.5. The lowest BCUT2D eigenvalue weighted by atomic mass is 9.97. The van der Waals surface area contributed by atoms with Crippen molar-refractivity contribution in [1.29, 1.82) is 0 Å². The summed E-state index contributed by atoms with van der Waals surface area (Å²) in [5, 5.41) is 9.29. The maximum atomic E-state index is 11.9. The average molecular weight is 292 g/mol. The third kappa shape index (κ3) is 6.25. The number of ether oxygens (including phenoxy) is 2. The Morgan fingerprint density at radius 3 is 2.55 bits per heavy atom. The van der Waals surface area contributed by atoms with Crippen LogP contribution >= 0.6 is 0 Å². The molecule has 6 heteroatoms. The minimum atomic E-state index is -4.31. The second-order valence-electron chi connectivity index (χ2n) is 4.52. The van der Waals surface area contributed by atoms with Crippen molar-refractivity contribution >= 4 is 0 Å². The van der Waals surface area contributed by atoms with E-state index in [2.05, 4.69) is 4.74 Å². The zero-order chi connectivity index (χ0) is 15.0. The molecule has 0 radical (unpaired) electrons. The molecule has 0 aliphatic heterocycles. The summed E-state index contributed by atoms with van der Waals surface area (Å²) in [6.45, 7) is -1.38. The minimum Gasteiger partial charge on any atom is -0.496 e. The number of aliphatic hydroxyl groups excluding tert-OH is 1. The van der Waals surface area contributed by atoms with E-state index in [1.165, 1.54) is 0 Å². The van der Waals surface area contributed by atoms with E-state index in [4.69, 9.17) is 4.74 Å². The van der Waals surface area contributed by atoms with Crippen molar-refractivity contribution in [3.63, 3.8) is 0 Å². The summed E-state index contributed by atoms with van der Waals surface area (Å²) in [6, 6.07) is 7.37. The molecule has 1 unspecified atom stereocenters. The van der Waals surface area contributed by atoms with E-state index < -0.39 is 12.8 Å². The first kappa shape index (κ1) is 16.8. The van der Waals surface area contributed by atoms with E-state index >= 15 is 0 Å². The second kappa shape index (κ2) is 8.11. The molecule has 20 heavy (non-hydrogen) atoms. The van der Waals surface area contributed by atoms with Crippen molar-refractivity contribution < 1.29 is 27.8 Å². The van der Waals surface area contributed by atoms with Crippen LogP contribution in [0.25, 0.3) is 0 Å². The largest absolute Gasteiger partial charge is 0.496 e. The van der Waals surface area contributed by atoms with Crippen LogP contribution in [0.3, 0.4) is 0 Å². The van der Waals surface area contributed by atoms with Gasteiger partial charge in [-0.05, 0) is 30.4 Å². The van der Waals surface area contributed by atoms with Crippen LogP contribution in [0, 0.1) is 5.92 Å². The number of para-hydroxylation sites is 1. The number of hydrogen-bond acceptors (Lipinski definition) is 3. The Morgan fingerprint density at radius 1 is 1.25 bits per heavy atom. The molecule has 0 saturated heterocycles. The minimum absolute atomic E-state index is 0.0279. The molecular weight excluding hydrogens is 273 g/mol. The molecule has 0 saturated carbocycles. The van der Waals surface area contributed by atoms with E-state index in [1.807, 2.05) is 24.3 Å². The van der Waals surface area contributed by atoms with Crippen LogP contribution < -0.4 is 4.74 Å². The fourth-order valence-corrected chi connectivity index (χ4v) is 1.88. The van der Waals surface area contributed by atoms with Crippen LogP contribution in [0.15, 0.2) is 24.3 Å². The number of benzene rings is 1. The van der Waals surface area contributed by atoms with Gasteiger partial charge in [0, 0.05) is 13.2 Å². The molecule has 1 atom stereocenters. The zero-order valence-corrected chi connectivity index (χ0v) is 11.3. The molecule has 1 N–H and O–H groups in total. The van der Waals surface area contributed by atoms with Crippen molar-refractivity contribution in [2.75, 3.05) is 26.9 Å². The Kier molecular flexibility index (Phi) is 6.81. The number of alkyl halides is 3. The maximum absolute atomic E-state index is 11.9. The first-order valence-corrected chi connectivity index (χ1v) is 6.33. The molecule has 0 bridgehead atoms. The molecule has 0 aromatic heterocycles. The van der Waals surface area contributed by atoms with Crippen LogP contribution in [-0.2, 0) is 11.2 Å². The summed E-state index contributed by atoms with van der Waals surface area (Å²) in [6.07, 6.45) is -3.40. The van der Waals surface area contributed by atoms with Crippen molar-refractivity contribution in [2.24, 2.45) is 5.92 Å². The Morgan fingerprint density at radius 2 is 1.95 bits per heavy atom. The first-order valence-electron chi connectivity index (χ1n) is 6.33. The number of methoxy groups -OCH3 is 1. The van der Waals surface area contributed by atoms with Gasteiger partial charge in [0.25, 0.3) is 0 Å². The van der Waals surface area contributed by atoms with E-state index in [0.29, 0.717) is 18.6 Å². The van der Waals surface area contributed by atoms with E-state index in [9.17, 15) is 18.3 Å². The van der Waals surface area contributed by atoms with Crippen LogP contribution in [0.1, 0.15) is 12.0 Å². The predicted molar refractivity (Wildman–Crippen MR) is 68.8 cm³/mol. The number of rotatable bonds is 8. The summed E-state index contributed by atoms with van der Waals surface area (Å²) in [7, 11) is 1.55. The van der Waals surface area contributed by atoms with Crippen LogP contribution in [0.4, 0.5) is 13.2 Å². The van der Waals surface area contributed by atoms with Gasteiger partial charge in [0.05, 0.1) is 7.11 Å². The SMILES string of the molecule is COc1ccccc1CC(CO)CCOCC(F)(F)F. The quantitative estimate of drug-likeness (QED) is 0.749. The molecule has 0 aliphatic rings. The van der Waals surface area contributed by atoms with Crippen molar-refractivity contribution in [3.05, 3.63) is 29.8 Å². The molecule has 0 fully saturated rings. The molecule has 0 spiro atoms. The van der Waals surface area contributed by atoms with E-state index in [-0.39, 0.29) is 19.1 Å². The molecule has 1 aromatic carbocycles. The average Bonchev–Trinajstić information content (AvgIpc) is 2.41. The van der Waals surface area contributed by atoms with Gasteiger partial charge in [-0.2, -0.15) is 13.2 Å². The van der Waals surface area contributed by atoms with Gasteiger partial charge in [0.1, 0.15) is 12.4 Å². The monoisotopic (exact) mass is 292 g/mol. The first-order chi connectivity index (χ1) is 9.46. The fourth-order valence-electron chi connectivity index (χ4n) is 1.88. The van der Waals surface area contributed by atoms with Gasteiger partial charge in [-0.25, -0.2) is 0 Å². The molecule has 0 amide bonds. The normalized spacial score (nSPS) is 13.2. The lowest BCUT2D eigenvalue weighted by Gasteiger charge is -2.16. The summed E-state index contributed by atoms with van der Waals surface area (Å²) in [5.74, 6) is 0.557. The Balaban J connectivity index is 2.43. The summed E-state index contributed by atoms with van der Waals surface area (Å²) in [5.41, 5.74) is 0.921. The lowest BCUT2D eigenvalue weighted by Crippen LogP contribution is -2.19. The van der Waals surface area contributed by atoms with Gasteiger partial charge < -0.3 is 14.6 Å². The van der Waals surface area contributed by atoms with Crippen molar-refractivity contribution in [3.8, 4) is 5.75 Å². The lowest BCUT2D eigenvalue weighted by molar-refractivity contribution is -0.174. The summed E-state index contributed by atoms with van der Waals surface area (Å²) in [4.78, 5) is 0. The maximum Gasteiger partial charge on any atom is 0.411 e. The van der Waals surface area contributed by atoms with Crippen molar-refractivity contribution in [2.45, 2.75) is 19.0 Å². The highest BCUT2D eigenvalue weighted by Crippen LogP contribution is 2.22. The van der Waals surface area contributed by atoms with Crippen LogP contribution in [0.5, 0.6) is 5.75 Å². The van der Waals surface area contributed by atoms with Gasteiger partial charge in [-0.15, -0.1) is 0 Å². The third-order valence-electron chi connectivity index (χ3n) is 2.90. The zero-order valence-electron chi connectivity index (χ0n) is 11.3. The second-order valence-corrected chi connectivity index (χ2v) is 4.52. The van der Waals surface area contributed by atoms with Crippen LogP contribution in [-0.4, -0.2) is 38.2 Å². The summed E-state index contributed by atoms with van der Waals surface area (Å²) >= 11 is 0. The van der Waals surface area contributed by atoms with Crippen LogP contribution in [0.2, 0.25) is 0 Å². The molecule has 1 aromatic rings. The number of halogens is 3. The predicted octanol–water partition coefficient (Wildman–Crippen LogP) is 2.82. The van der Waals surface area contributed by atoms with Gasteiger partial charge >= 0.3 is 6.18 Å². The van der Waals surface area contributed by atoms with Gasteiger partial charge in [-0.1, -0.05) is 18.2 Å². The number of hydrogen-bond donors (Lipinski definition) is 1. The molecule has 114 valence electrons. The Hall–Kier alpha value is -1.27. The highest BCUT2D eigenvalue weighted by Gasteiger charge is 2.27. The van der Waals surface area contributed by atoms with Crippen molar-refractivity contribution in [1.82, 2.24) is 0 Å². The highest BCUT2D eigenvalue weighted by atomic mass is 19.4. The van der Waals surface area contributed by atoms with E-state index in [0.717, 1.165) is 5.56 Å². The molecular formula is C14H19F3O3. The molecule has 0 heterocycles. The molecule has 3 nitrogen and oxygen atoms in total. The third-order valence-corrected chi connectivity index (χ3v) is 2.90. The Bertz CT molecular complexity index is 393. The highest BCUT2D eigenvalue weighted by molar-refractivity contribution is 5.33. The van der Waals surface area contributed by atoms with E-state index in [1.54, 1.807) is 7.11 Å². The Labute approximate surface area is 116 Å². The topological polar surface area (TPSA) is 38.7 Å². The molecule has 0 aliphatic carbocycles.